The van der Waals surface area contributed by atoms with Crippen molar-refractivity contribution in [2.24, 2.45) is 17.3 Å². The molecule has 1 fully saturated rings. The SMILES string of the molecule is C=C(C)C(=O)[C@@]1(/C=C/C(C)=O)C(=O)N(C(=O)c2ccccc2)[C@@H](CC(C)C)[C@@H]1C(=C)C. The molecule has 1 aromatic rings. The van der Waals surface area contributed by atoms with Gasteiger partial charge in [-0.1, -0.05) is 56.9 Å². The standard InChI is InChI=1S/C26H31NO4/c1-16(2)15-21-22(17(3)4)26(14-13-19(7)28,23(29)18(5)6)25(31)27(21)24(30)20-11-9-8-10-12-20/h8-14,16,21-22H,3,5,15H2,1-2,4,6-7H3/b14-13+/t21-,22-,26-/m0/s1. The first kappa shape index (κ1) is 24.2. The quantitative estimate of drug-likeness (QED) is 0.267. The van der Waals surface area contributed by atoms with E-state index in [0.29, 0.717) is 17.6 Å². The van der Waals surface area contributed by atoms with E-state index >= 15 is 0 Å². The van der Waals surface area contributed by atoms with Gasteiger partial charge in [-0.3, -0.25) is 24.1 Å². The zero-order valence-corrected chi connectivity index (χ0v) is 19.0. The largest absolute Gasteiger partial charge is 0.295 e. The predicted octanol–water partition coefficient (Wildman–Crippen LogP) is 4.55. The molecule has 5 nitrogen and oxygen atoms in total. The number of likely N-dealkylation sites (tertiary alicyclic amines) is 1. The van der Waals surface area contributed by atoms with Gasteiger partial charge in [0, 0.05) is 17.5 Å². The van der Waals surface area contributed by atoms with Gasteiger partial charge in [-0.15, -0.1) is 0 Å². The minimum Gasteiger partial charge on any atom is -0.295 e. The van der Waals surface area contributed by atoms with E-state index in [2.05, 4.69) is 13.2 Å². The van der Waals surface area contributed by atoms with Crippen molar-refractivity contribution in [1.82, 2.24) is 4.90 Å². The first-order valence-corrected chi connectivity index (χ1v) is 10.4. The first-order valence-electron chi connectivity index (χ1n) is 10.4. The van der Waals surface area contributed by atoms with E-state index in [1.807, 2.05) is 13.8 Å². The van der Waals surface area contributed by atoms with Crippen LogP contribution in [-0.2, 0) is 14.4 Å². The molecule has 1 aliphatic rings. The van der Waals surface area contributed by atoms with Crippen LogP contribution in [0.15, 0.2) is 66.8 Å². The highest BCUT2D eigenvalue weighted by atomic mass is 16.2. The summed E-state index contributed by atoms with van der Waals surface area (Å²) in [4.78, 5) is 53.9. The van der Waals surface area contributed by atoms with E-state index in [9.17, 15) is 19.2 Å². The Morgan fingerprint density at radius 2 is 1.68 bits per heavy atom. The number of carbonyl (C=O) groups excluding carboxylic acids is 4. The minimum absolute atomic E-state index is 0.151. The van der Waals surface area contributed by atoms with Gasteiger partial charge in [0.1, 0.15) is 5.41 Å². The maximum absolute atomic E-state index is 13.9. The van der Waals surface area contributed by atoms with Crippen LogP contribution in [0.5, 0.6) is 0 Å². The molecule has 3 atom stereocenters. The molecule has 2 amide bonds. The third kappa shape index (κ3) is 4.50. The van der Waals surface area contributed by atoms with E-state index < -0.39 is 35.0 Å². The first-order chi connectivity index (χ1) is 14.4. The Hall–Kier alpha value is -3.08. The highest BCUT2D eigenvalue weighted by Crippen LogP contribution is 2.50. The number of carbonyl (C=O) groups is 4. The molecule has 2 rings (SSSR count). The van der Waals surface area contributed by atoms with Crippen molar-refractivity contribution < 1.29 is 19.2 Å². The lowest BCUT2D eigenvalue weighted by Gasteiger charge is -2.32. The van der Waals surface area contributed by atoms with Crippen LogP contribution < -0.4 is 0 Å². The van der Waals surface area contributed by atoms with Gasteiger partial charge in [-0.05, 0) is 56.9 Å². The summed E-state index contributed by atoms with van der Waals surface area (Å²) >= 11 is 0. The smallest absolute Gasteiger partial charge is 0.260 e. The molecule has 0 bridgehead atoms. The van der Waals surface area contributed by atoms with Crippen molar-refractivity contribution in [1.29, 1.82) is 0 Å². The highest BCUT2D eigenvalue weighted by molar-refractivity contribution is 6.21. The lowest BCUT2D eigenvalue weighted by atomic mass is 9.66. The van der Waals surface area contributed by atoms with Crippen molar-refractivity contribution in [2.75, 3.05) is 0 Å². The van der Waals surface area contributed by atoms with Gasteiger partial charge in [0.15, 0.2) is 11.6 Å². The molecule has 5 heteroatoms. The summed E-state index contributed by atoms with van der Waals surface area (Å²) in [6.07, 6.45) is 3.10. The van der Waals surface area contributed by atoms with Crippen LogP contribution in [0.1, 0.15) is 51.4 Å². The molecule has 0 radical (unpaired) electrons. The number of rotatable bonds is 8. The number of hydrogen-bond donors (Lipinski definition) is 0. The molecule has 1 aliphatic heterocycles. The Kier molecular flexibility index (Phi) is 7.32. The second-order valence-corrected chi connectivity index (χ2v) is 8.79. The lowest BCUT2D eigenvalue weighted by molar-refractivity contribution is -0.139. The van der Waals surface area contributed by atoms with Crippen molar-refractivity contribution in [2.45, 2.75) is 47.1 Å². The summed E-state index contributed by atoms with van der Waals surface area (Å²) in [5, 5.41) is 0. The summed E-state index contributed by atoms with van der Waals surface area (Å²) < 4.78 is 0. The molecule has 164 valence electrons. The van der Waals surface area contributed by atoms with Crippen LogP contribution in [0.4, 0.5) is 0 Å². The molecule has 31 heavy (non-hydrogen) atoms. The van der Waals surface area contributed by atoms with Crippen LogP contribution in [0.25, 0.3) is 0 Å². The van der Waals surface area contributed by atoms with Gasteiger partial charge < -0.3 is 0 Å². The third-order valence-corrected chi connectivity index (χ3v) is 5.61. The molecule has 0 spiro atoms. The van der Waals surface area contributed by atoms with Gasteiger partial charge in [0.05, 0.1) is 0 Å². The average Bonchev–Trinajstić information content (AvgIpc) is 2.93. The maximum Gasteiger partial charge on any atom is 0.260 e. The van der Waals surface area contributed by atoms with Crippen molar-refractivity contribution in [3.63, 3.8) is 0 Å². The Bertz CT molecular complexity index is 957. The minimum atomic E-state index is -1.73. The van der Waals surface area contributed by atoms with Gasteiger partial charge in [-0.2, -0.15) is 0 Å². The molecule has 1 heterocycles. The molecule has 0 aliphatic carbocycles. The molecule has 0 saturated carbocycles. The molecule has 0 unspecified atom stereocenters. The average molecular weight is 422 g/mol. The molecule has 1 saturated heterocycles. The molecule has 1 aromatic carbocycles. The van der Waals surface area contributed by atoms with Crippen LogP contribution in [0, 0.1) is 17.3 Å². The zero-order chi connectivity index (χ0) is 23.5. The summed E-state index contributed by atoms with van der Waals surface area (Å²) in [5.41, 5.74) is -0.581. The number of hydrogen-bond acceptors (Lipinski definition) is 4. The lowest BCUT2D eigenvalue weighted by Crippen LogP contribution is -2.44. The van der Waals surface area contributed by atoms with E-state index in [1.165, 1.54) is 30.9 Å². The van der Waals surface area contributed by atoms with E-state index in [0.717, 1.165) is 0 Å². The Balaban J connectivity index is 2.82. The number of ketones is 2. The third-order valence-electron chi connectivity index (χ3n) is 5.61. The van der Waals surface area contributed by atoms with Crippen molar-refractivity contribution in [3.05, 3.63) is 72.4 Å². The topological polar surface area (TPSA) is 71.5 Å². The fourth-order valence-corrected chi connectivity index (χ4v) is 4.43. The van der Waals surface area contributed by atoms with Gasteiger partial charge in [0.25, 0.3) is 5.91 Å². The van der Waals surface area contributed by atoms with Gasteiger partial charge in [0.2, 0.25) is 5.91 Å². The van der Waals surface area contributed by atoms with E-state index in [-0.39, 0.29) is 17.3 Å². The molecule has 0 aromatic heterocycles. The second kappa shape index (κ2) is 9.38. The summed E-state index contributed by atoms with van der Waals surface area (Å²) in [7, 11) is 0. The van der Waals surface area contributed by atoms with Crippen LogP contribution in [-0.4, -0.2) is 34.3 Å². The van der Waals surface area contributed by atoms with Crippen molar-refractivity contribution >= 4 is 23.4 Å². The number of amides is 2. The van der Waals surface area contributed by atoms with Crippen LogP contribution in [0.2, 0.25) is 0 Å². The Labute approximate surface area is 184 Å². The fraction of sp³-hybridized carbons (Fsp3) is 0.385. The Morgan fingerprint density at radius 1 is 1.10 bits per heavy atom. The monoisotopic (exact) mass is 421 g/mol. The highest BCUT2D eigenvalue weighted by Gasteiger charge is 2.63. The van der Waals surface area contributed by atoms with E-state index in [1.54, 1.807) is 37.3 Å². The molecular formula is C26H31NO4. The molecular weight excluding hydrogens is 390 g/mol. The number of benzene rings is 1. The van der Waals surface area contributed by atoms with Gasteiger partial charge in [-0.25, -0.2) is 0 Å². The van der Waals surface area contributed by atoms with Crippen molar-refractivity contribution in [3.8, 4) is 0 Å². The Morgan fingerprint density at radius 3 is 2.13 bits per heavy atom. The summed E-state index contributed by atoms with van der Waals surface area (Å²) in [6.45, 7) is 16.5. The van der Waals surface area contributed by atoms with Crippen LogP contribution in [0.3, 0.4) is 0 Å². The number of imide groups is 1. The van der Waals surface area contributed by atoms with E-state index in [4.69, 9.17) is 0 Å². The normalized spacial score (nSPS) is 23.4. The number of allylic oxidation sites excluding steroid dienone is 2. The predicted molar refractivity (Wildman–Crippen MR) is 121 cm³/mol. The zero-order valence-electron chi connectivity index (χ0n) is 19.0. The fourth-order valence-electron chi connectivity index (χ4n) is 4.43. The molecule has 0 N–H and O–H groups in total. The maximum atomic E-state index is 13.9. The number of Topliss-reactive ketones (excluding diaryl/α,β-unsaturated/α-hetero) is 1. The summed E-state index contributed by atoms with van der Waals surface area (Å²) in [5.74, 6) is -2.41. The second-order valence-electron chi connectivity index (χ2n) is 8.79. The number of nitrogens with zero attached hydrogens (tertiary/aromatic N) is 1. The summed E-state index contributed by atoms with van der Waals surface area (Å²) in [6, 6.07) is 7.95. The van der Waals surface area contributed by atoms with Crippen LogP contribution >= 0.6 is 0 Å². The van der Waals surface area contributed by atoms with Gasteiger partial charge >= 0.3 is 0 Å².